The molecule has 2 unspecified atom stereocenters. The minimum absolute atomic E-state index is 0.279. The van der Waals surface area contributed by atoms with Gasteiger partial charge in [-0.15, -0.1) is 12.3 Å². The van der Waals surface area contributed by atoms with Gasteiger partial charge in [0.25, 0.3) is 8.15 Å². The van der Waals surface area contributed by atoms with Crippen molar-refractivity contribution in [3.05, 3.63) is 0 Å². The molecule has 0 saturated carbocycles. The summed E-state index contributed by atoms with van der Waals surface area (Å²) in [6.45, 7) is 0. The van der Waals surface area contributed by atoms with Gasteiger partial charge in [-0.1, -0.05) is 6.42 Å². The van der Waals surface area contributed by atoms with Crippen molar-refractivity contribution in [2.75, 3.05) is 0 Å². The molecule has 0 heterocycles. The first-order chi connectivity index (χ1) is 6.16. The summed E-state index contributed by atoms with van der Waals surface area (Å²) in [7, 11) is -0.307. The van der Waals surface area contributed by atoms with Gasteiger partial charge in [0.2, 0.25) is 0 Å². The van der Waals surface area contributed by atoms with E-state index in [0.29, 0.717) is 6.42 Å². The van der Waals surface area contributed by atoms with E-state index in [-0.39, 0.29) is 6.42 Å². The lowest BCUT2D eigenvalue weighted by Gasteiger charge is -2.02. The fourth-order valence-corrected chi connectivity index (χ4v) is 1.45. The van der Waals surface area contributed by atoms with Crippen LogP contribution in [0.3, 0.4) is 0 Å². The molecule has 0 aliphatic heterocycles. The van der Waals surface area contributed by atoms with Gasteiger partial charge in [0.1, 0.15) is 0 Å². The quantitative estimate of drug-likeness (QED) is 0.392. The van der Waals surface area contributed by atoms with Crippen molar-refractivity contribution in [1.29, 1.82) is 0 Å². The Labute approximate surface area is 81.7 Å². The minimum Gasteiger partial charge on any atom is -0.410 e. The highest BCUT2D eigenvalue weighted by Crippen LogP contribution is 2.47. The largest absolute Gasteiger partial charge is 0.410 e. The molecule has 13 heavy (non-hydrogen) atoms. The molecule has 5 heteroatoms. The zero-order valence-electron chi connectivity index (χ0n) is 7.33. The van der Waals surface area contributed by atoms with Crippen LogP contribution in [-0.2, 0) is 9.32 Å². The summed E-state index contributed by atoms with van der Waals surface area (Å²) in [5.41, 5.74) is 0. The molecule has 0 aliphatic rings. The number of unbranched alkanes of at least 4 members (excludes halogenated alkanes) is 3. The number of hydrogen-bond acceptors (Lipinski definition) is 2. The number of carbonyl (C=O) groups excluding carboxylic acids is 1. The van der Waals surface area contributed by atoms with Crippen LogP contribution in [0.25, 0.3) is 0 Å². The van der Waals surface area contributed by atoms with E-state index in [1.54, 1.807) is 0 Å². The van der Waals surface area contributed by atoms with Crippen molar-refractivity contribution in [3.63, 3.8) is 0 Å². The van der Waals surface area contributed by atoms with Crippen molar-refractivity contribution < 1.29 is 13.5 Å². The van der Waals surface area contributed by atoms with E-state index < -0.39 is 14.1 Å². The normalized spacial score (nSPS) is 11.8. The smallest absolute Gasteiger partial charge is 0.310 e. The van der Waals surface area contributed by atoms with Crippen molar-refractivity contribution in [2.45, 2.75) is 32.1 Å². The van der Waals surface area contributed by atoms with Crippen LogP contribution in [0.1, 0.15) is 32.1 Å². The van der Waals surface area contributed by atoms with E-state index in [0.717, 1.165) is 19.3 Å². The SMILES string of the molecule is C#CCCCCCC(=O)OP(F)P. The average molecular weight is 222 g/mol. The van der Waals surface area contributed by atoms with Crippen LogP contribution in [-0.4, -0.2) is 5.97 Å². The van der Waals surface area contributed by atoms with Gasteiger partial charge in [-0.2, -0.15) is 4.20 Å². The average Bonchev–Trinajstić information content (AvgIpc) is 2.02. The van der Waals surface area contributed by atoms with E-state index in [1.807, 2.05) is 8.93 Å². The Balaban J connectivity index is 3.23. The predicted octanol–water partition coefficient (Wildman–Crippen LogP) is 3.18. The summed E-state index contributed by atoms with van der Waals surface area (Å²) in [5.74, 6) is 2.04. The number of carbonyl (C=O) groups is 1. The van der Waals surface area contributed by atoms with E-state index in [4.69, 9.17) is 6.42 Å². The summed E-state index contributed by atoms with van der Waals surface area (Å²) in [6.07, 6.45) is 8.57. The van der Waals surface area contributed by atoms with E-state index in [2.05, 4.69) is 10.4 Å². The first kappa shape index (κ1) is 12.8. The molecule has 0 aromatic heterocycles. The monoisotopic (exact) mass is 222 g/mol. The predicted molar refractivity (Wildman–Crippen MR) is 55.7 cm³/mol. The molecule has 0 bridgehead atoms. The second kappa shape index (κ2) is 8.42. The highest BCUT2D eigenvalue weighted by molar-refractivity contribution is 8.08. The van der Waals surface area contributed by atoms with Gasteiger partial charge in [-0.05, 0) is 21.8 Å². The topological polar surface area (TPSA) is 26.3 Å². The zero-order valence-corrected chi connectivity index (χ0v) is 9.38. The molecule has 0 rings (SSSR count). The number of hydrogen-bond donors (Lipinski definition) is 0. The fraction of sp³-hybridized carbons (Fsp3) is 0.625. The first-order valence-corrected chi connectivity index (χ1v) is 6.78. The fourth-order valence-electron chi connectivity index (χ4n) is 0.816. The van der Waals surface area contributed by atoms with Crippen LogP contribution in [0, 0.1) is 12.3 Å². The van der Waals surface area contributed by atoms with Crippen molar-refractivity contribution in [2.24, 2.45) is 0 Å². The number of rotatable bonds is 6. The molecule has 0 aromatic carbocycles. The second-order valence-electron chi connectivity index (χ2n) is 2.50. The number of terminal acetylenes is 1. The van der Waals surface area contributed by atoms with E-state index >= 15 is 0 Å². The van der Waals surface area contributed by atoms with Gasteiger partial charge in [0.05, 0.1) is 0 Å². The molecule has 0 amide bonds. The summed E-state index contributed by atoms with van der Waals surface area (Å²) in [4.78, 5) is 10.8. The molecule has 0 aliphatic carbocycles. The Morgan fingerprint density at radius 3 is 2.77 bits per heavy atom. The molecule has 0 N–H and O–H groups in total. The summed E-state index contributed by atoms with van der Waals surface area (Å²) in [5, 5.41) is 0. The molecule has 74 valence electrons. The maximum absolute atomic E-state index is 12.1. The lowest BCUT2D eigenvalue weighted by atomic mass is 10.1. The standard InChI is InChI=1S/C8H13FO2P2/c1-2-3-4-5-6-7-8(10)11-13(9)12/h1H,3-7,12H2. The molecule has 0 aromatic rings. The number of halogens is 1. The van der Waals surface area contributed by atoms with Gasteiger partial charge < -0.3 is 4.52 Å². The summed E-state index contributed by atoms with van der Waals surface area (Å²) < 4.78 is 16.5. The van der Waals surface area contributed by atoms with Crippen molar-refractivity contribution >= 4 is 23.0 Å². The lowest BCUT2D eigenvalue weighted by molar-refractivity contribution is -0.133. The molecule has 2 atom stereocenters. The van der Waals surface area contributed by atoms with E-state index in [9.17, 15) is 8.99 Å². The molecule has 0 fully saturated rings. The summed E-state index contributed by atoms with van der Waals surface area (Å²) >= 11 is 0. The Hall–Kier alpha value is -0.180. The Kier molecular flexibility index (Phi) is 8.30. The van der Waals surface area contributed by atoms with Crippen LogP contribution >= 0.6 is 17.1 Å². The van der Waals surface area contributed by atoms with Crippen LogP contribution in [0.5, 0.6) is 0 Å². The Morgan fingerprint density at radius 2 is 2.23 bits per heavy atom. The van der Waals surface area contributed by atoms with Crippen LogP contribution in [0.4, 0.5) is 4.20 Å². The molecule has 0 spiro atoms. The molecule has 0 saturated heterocycles. The van der Waals surface area contributed by atoms with Gasteiger partial charge >= 0.3 is 5.97 Å². The van der Waals surface area contributed by atoms with Crippen LogP contribution < -0.4 is 0 Å². The van der Waals surface area contributed by atoms with Gasteiger partial charge in [0.15, 0.2) is 0 Å². The third kappa shape index (κ3) is 9.74. The van der Waals surface area contributed by atoms with Gasteiger partial charge in [-0.25, -0.2) is 0 Å². The molecule has 0 radical (unpaired) electrons. The third-order valence-electron chi connectivity index (χ3n) is 1.39. The maximum Gasteiger partial charge on any atom is 0.310 e. The van der Waals surface area contributed by atoms with Crippen LogP contribution in [0.15, 0.2) is 0 Å². The second-order valence-corrected chi connectivity index (χ2v) is 4.44. The Morgan fingerprint density at radius 1 is 1.54 bits per heavy atom. The van der Waals surface area contributed by atoms with Gasteiger partial charge in [-0.3, -0.25) is 4.79 Å². The lowest BCUT2D eigenvalue weighted by Crippen LogP contribution is -1.97. The third-order valence-corrected chi connectivity index (χ3v) is 2.09. The molecule has 2 nitrogen and oxygen atoms in total. The van der Waals surface area contributed by atoms with E-state index in [1.165, 1.54) is 0 Å². The first-order valence-electron chi connectivity index (χ1n) is 4.01. The molecular formula is C8H13FO2P2. The summed E-state index contributed by atoms with van der Waals surface area (Å²) in [6, 6.07) is 0. The zero-order chi connectivity index (χ0) is 10.1. The van der Waals surface area contributed by atoms with Crippen LogP contribution in [0.2, 0.25) is 0 Å². The minimum atomic E-state index is -2.13. The Bertz CT molecular complexity index is 189. The highest BCUT2D eigenvalue weighted by Gasteiger charge is 2.07. The van der Waals surface area contributed by atoms with Crippen molar-refractivity contribution in [1.82, 2.24) is 0 Å². The van der Waals surface area contributed by atoms with Gasteiger partial charge in [0, 0.05) is 12.8 Å². The highest BCUT2D eigenvalue weighted by atomic mass is 32.0. The van der Waals surface area contributed by atoms with Crippen molar-refractivity contribution in [3.8, 4) is 12.3 Å². The maximum atomic E-state index is 12.1. The molecular weight excluding hydrogens is 209 g/mol.